The number of hydrogen-bond acceptors (Lipinski definition) is 5. The van der Waals surface area contributed by atoms with Crippen molar-refractivity contribution in [2.75, 3.05) is 37.8 Å². The van der Waals surface area contributed by atoms with Crippen molar-refractivity contribution < 1.29 is 0 Å². The maximum absolute atomic E-state index is 6.22. The molecule has 0 bridgehead atoms. The van der Waals surface area contributed by atoms with Crippen LogP contribution in [-0.4, -0.2) is 47.3 Å². The predicted octanol–water partition coefficient (Wildman–Crippen LogP) is 5.93. The highest BCUT2D eigenvalue weighted by Crippen LogP contribution is 2.25. The van der Waals surface area contributed by atoms with Crippen LogP contribution in [0.3, 0.4) is 0 Å². The number of anilines is 1. The highest BCUT2D eigenvalue weighted by molar-refractivity contribution is 7.98. The second-order valence-electron chi connectivity index (χ2n) is 6.65. The fourth-order valence-corrected chi connectivity index (χ4v) is 3.67. The van der Waals surface area contributed by atoms with Crippen LogP contribution in [-0.2, 0) is 0 Å². The highest BCUT2D eigenvalue weighted by atomic mass is 35.5. The molecule has 1 heterocycles. The molecule has 0 radical (unpaired) electrons. The lowest BCUT2D eigenvalue weighted by Crippen LogP contribution is -2.28. The lowest BCUT2D eigenvalue weighted by atomic mass is 10.2. The molecule has 4 nitrogen and oxygen atoms in total. The number of thioether (sulfide) groups is 1. The van der Waals surface area contributed by atoms with Crippen LogP contribution in [0.2, 0.25) is 5.02 Å². The Hall–Kier alpha value is -2.08. The van der Waals surface area contributed by atoms with E-state index in [0.717, 1.165) is 48.5 Å². The van der Waals surface area contributed by atoms with E-state index in [1.165, 1.54) is 4.90 Å². The third-order valence-corrected chi connectivity index (χ3v) is 5.81. The summed E-state index contributed by atoms with van der Waals surface area (Å²) in [5, 5.41) is 5.11. The third kappa shape index (κ3) is 5.95. The molecule has 0 spiro atoms. The van der Waals surface area contributed by atoms with Crippen molar-refractivity contribution in [3.05, 3.63) is 58.9 Å². The van der Waals surface area contributed by atoms with E-state index >= 15 is 0 Å². The van der Waals surface area contributed by atoms with Gasteiger partial charge in [0.25, 0.3) is 0 Å². The first kappa shape index (κ1) is 21.6. The number of fused-ring (bicyclic) bond motifs is 1. The van der Waals surface area contributed by atoms with Gasteiger partial charge in [-0.3, -0.25) is 0 Å². The third-order valence-electron chi connectivity index (χ3n) is 4.83. The molecule has 0 aliphatic rings. The van der Waals surface area contributed by atoms with Gasteiger partial charge in [-0.05, 0) is 61.3 Å². The molecule has 3 rings (SSSR count). The van der Waals surface area contributed by atoms with Crippen molar-refractivity contribution >= 4 is 52.2 Å². The first-order valence-corrected chi connectivity index (χ1v) is 11.5. The first-order chi connectivity index (χ1) is 14.1. The smallest absolute Gasteiger partial charge is 0.154 e. The second-order valence-corrected chi connectivity index (χ2v) is 7.97. The molecule has 0 saturated carbocycles. The molecule has 0 saturated heterocycles. The van der Waals surface area contributed by atoms with E-state index in [0.29, 0.717) is 10.8 Å². The average Bonchev–Trinajstić information content (AvgIpc) is 2.76. The Balaban J connectivity index is 1.85. The summed E-state index contributed by atoms with van der Waals surface area (Å²) < 4.78 is 0. The standard InChI is InChI=1S/C23H27ClN4S/c1-4-28(5-2)15-14-25-23-20-16-18(24)9-12-21(20)26-22(27-23)13-8-17-6-10-19(29-3)11-7-17/h6-13,16H,4-5,14-15H2,1-3H3,(H,25,26,27)/b13-8+. The Morgan fingerprint density at radius 1 is 1.03 bits per heavy atom. The maximum atomic E-state index is 6.22. The average molecular weight is 427 g/mol. The largest absolute Gasteiger partial charge is 0.368 e. The summed E-state index contributed by atoms with van der Waals surface area (Å²) in [5.74, 6) is 1.50. The van der Waals surface area contributed by atoms with Gasteiger partial charge in [-0.25, -0.2) is 9.97 Å². The summed E-state index contributed by atoms with van der Waals surface area (Å²) in [7, 11) is 0. The Morgan fingerprint density at radius 2 is 1.79 bits per heavy atom. The number of halogens is 1. The van der Waals surface area contributed by atoms with E-state index in [4.69, 9.17) is 21.6 Å². The normalized spacial score (nSPS) is 11.6. The Labute approximate surface area is 182 Å². The number of rotatable bonds is 9. The predicted molar refractivity (Wildman–Crippen MR) is 128 cm³/mol. The van der Waals surface area contributed by atoms with E-state index < -0.39 is 0 Å². The Kier molecular flexibility index (Phi) is 7.92. The number of aromatic nitrogens is 2. The SMILES string of the molecule is CCN(CC)CCNc1nc(/C=C/c2ccc(SC)cc2)nc2ccc(Cl)cc12. The topological polar surface area (TPSA) is 41.0 Å². The summed E-state index contributed by atoms with van der Waals surface area (Å²) in [6.45, 7) is 8.22. The molecule has 1 N–H and O–H groups in total. The van der Waals surface area contributed by atoms with Crippen LogP contribution < -0.4 is 5.32 Å². The van der Waals surface area contributed by atoms with Gasteiger partial charge in [-0.1, -0.05) is 43.7 Å². The molecule has 1 aromatic heterocycles. The highest BCUT2D eigenvalue weighted by Gasteiger charge is 2.08. The van der Waals surface area contributed by atoms with Crippen LogP contribution in [0.5, 0.6) is 0 Å². The van der Waals surface area contributed by atoms with Crippen LogP contribution in [0.15, 0.2) is 47.4 Å². The van der Waals surface area contributed by atoms with Crippen molar-refractivity contribution in [3.63, 3.8) is 0 Å². The molecule has 0 atom stereocenters. The van der Waals surface area contributed by atoms with Gasteiger partial charge in [0.1, 0.15) is 5.82 Å². The molecule has 0 unspecified atom stereocenters. The molecule has 0 aliphatic carbocycles. The van der Waals surface area contributed by atoms with E-state index in [2.05, 4.69) is 54.6 Å². The van der Waals surface area contributed by atoms with E-state index in [9.17, 15) is 0 Å². The minimum Gasteiger partial charge on any atom is -0.368 e. The zero-order valence-corrected chi connectivity index (χ0v) is 18.7. The monoisotopic (exact) mass is 426 g/mol. The molecule has 2 aromatic carbocycles. The summed E-state index contributed by atoms with van der Waals surface area (Å²) >= 11 is 7.96. The zero-order valence-electron chi connectivity index (χ0n) is 17.2. The van der Waals surface area contributed by atoms with E-state index in [-0.39, 0.29) is 0 Å². The second kappa shape index (κ2) is 10.6. The Morgan fingerprint density at radius 3 is 2.48 bits per heavy atom. The minimum atomic E-state index is 0.680. The number of nitrogens with one attached hydrogen (secondary N) is 1. The van der Waals surface area contributed by atoms with Gasteiger partial charge in [0, 0.05) is 28.4 Å². The summed E-state index contributed by atoms with van der Waals surface area (Å²) in [6, 6.07) is 14.2. The van der Waals surface area contributed by atoms with Crippen molar-refractivity contribution in [1.82, 2.24) is 14.9 Å². The molecular weight excluding hydrogens is 400 g/mol. The van der Waals surface area contributed by atoms with Crippen molar-refractivity contribution in [2.45, 2.75) is 18.7 Å². The van der Waals surface area contributed by atoms with Crippen LogP contribution in [0, 0.1) is 0 Å². The summed E-state index contributed by atoms with van der Waals surface area (Å²) in [4.78, 5) is 13.1. The number of hydrogen-bond donors (Lipinski definition) is 1. The quantitative estimate of drug-likeness (QED) is 0.429. The van der Waals surface area contributed by atoms with Gasteiger partial charge in [0.05, 0.1) is 5.52 Å². The number of nitrogens with zero attached hydrogens (tertiary/aromatic N) is 3. The molecule has 0 aliphatic heterocycles. The number of benzene rings is 2. The maximum Gasteiger partial charge on any atom is 0.154 e. The molecule has 29 heavy (non-hydrogen) atoms. The van der Waals surface area contributed by atoms with Crippen LogP contribution in [0.1, 0.15) is 25.2 Å². The van der Waals surface area contributed by atoms with Gasteiger partial charge in [0.15, 0.2) is 5.82 Å². The van der Waals surface area contributed by atoms with Crippen molar-refractivity contribution in [2.24, 2.45) is 0 Å². The number of likely N-dealkylation sites (N-methyl/N-ethyl adjacent to an activating group) is 1. The van der Waals surface area contributed by atoms with Crippen LogP contribution >= 0.6 is 23.4 Å². The van der Waals surface area contributed by atoms with E-state index in [1.54, 1.807) is 11.8 Å². The first-order valence-electron chi connectivity index (χ1n) is 9.88. The lowest BCUT2D eigenvalue weighted by molar-refractivity contribution is 0.316. The lowest BCUT2D eigenvalue weighted by Gasteiger charge is -2.18. The van der Waals surface area contributed by atoms with E-state index in [1.807, 2.05) is 30.4 Å². The van der Waals surface area contributed by atoms with Crippen LogP contribution in [0.25, 0.3) is 23.1 Å². The molecule has 6 heteroatoms. The summed E-state index contributed by atoms with van der Waals surface area (Å²) in [5.41, 5.74) is 2.01. The van der Waals surface area contributed by atoms with Crippen molar-refractivity contribution in [1.29, 1.82) is 0 Å². The molecular formula is C23H27ClN4S. The molecule has 0 fully saturated rings. The zero-order chi connectivity index (χ0) is 20.6. The van der Waals surface area contributed by atoms with Gasteiger partial charge >= 0.3 is 0 Å². The van der Waals surface area contributed by atoms with Gasteiger partial charge in [-0.15, -0.1) is 11.8 Å². The van der Waals surface area contributed by atoms with Crippen LogP contribution in [0.4, 0.5) is 5.82 Å². The molecule has 152 valence electrons. The molecule has 0 amide bonds. The van der Waals surface area contributed by atoms with Gasteiger partial charge in [-0.2, -0.15) is 0 Å². The van der Waals surface area contributed by atoms with Crippen molar-refractivity contribution in [3.8, 4) is 0 Å². The molecule has 3 aromatic rings. The minimum absolute atomic E-state index is 0.680. The summed E-state index contributed by atoms with van der Waals surface area (Å²) in [6.07, 6.45) is 6.08. The van der Waals surface area contributed by atoms with Gasteiger partial charge in [0.2, 0.25) is 0 Å². The van der Waals surface area contributed by atoms with Gasteiger partial charge < -0.3 is 10.2 Å². The Bertz CT molecular complexity index is 969. The fourth-order valence-electron chi connectivity index (χ4n) is 3.09. The fraction of sp³-hybridized carbons (Fsp3) is 0.304.